The molecule has 0 saturated carbocycles. The lowest BCUT2D eigenvalue weighted by molar-refractivity contribution is 0.101. The van der Waals surface area contributed by atoms with Crippen LogP contribution in [0.15, 0.2) is 16.9 Å². The minimum absolute atomic E-state index is 0.0416. The van der Waals surface area contributed by atoms with Gasteiger partial charge in [0.05, 0.1) is 0 Å². The van der Waals surface area contributed by atoms with E-state index in [1.54, 1.807) is 0 Å². The van der Waals surface area contributed by atoms with E-state index in [2.05, 4.69) is 30.2 Å². The van der Waals surface area contributed by atoms with Crippen molar-refractivity contribution in [2.75, 3.05) is 11.1 Å². The Morgan fingerprint density at radius 2 is 2.31 bits per heavy atom. The molecular formula is C7H5ClN6O2. The summed E-state index contributed by atoms with van der Waals surface area (Å²) < 4.78 is 4.28. The number of carbonyl (C=O) groups excluding carboxylic acids is 1. The smallest absolute Gasteiger partial charge is 0.284 e. The standard InChI is InChI=1S/C7H5ClN6O2/c8-3-1-2-10-7(11-3)12-6(15)4-5(9)14-16-13-4/h1-2H,(H2,9,14)(H,10,11,12,15). The maximum atomic E-state index is 11.5. The molecule has 0 aliphatic heterocycles. The second-order valence-corrected chi connectivity index (χ2v) is 3.04. The molecule has 0 unspecified atom stereocenters. The van der Waals surface area contributed by atoms with Crippen molar-refractivity contribution in [1.29, 1.82) is 0 Å². The molecular weight excluding hydrogens is 236 g/mol. The minimum atomic E-state index is -0.624. The van der Waals surface area contributed by atoms with Crippen LogP contribution in [0.5, 0.6) is 0 Å². The molecule has 0 aliphatic rings. The first-order chi connectivity index (χ1) is 7.66. The van der Waals surface area contributed by atoms with Crippen molar-refractivity contribution < 1.29 is 9.42 Å². The van der Waals surface area contributed by atoms with E-state index in [0.717, 1.165) is 0 Å². The van der Waals surface area contributed by atoms with Crippen molar-refractivity contribution >= 4 is 29.3 Å². The second-order valence-electron chi connectivity index (χ2n) is 2.66. The van der Waals surface area contributed by atoms with Crippen LogP contribution in [0.4, 0.5) is 11.8 Å². The fourth-order valence-corrected chi connectivity index (χ4v) is 1.05. The lowest BCUT2D eigenvalue weighted by Crippen LogP contribution is -2.16. The van der Waals surface area contributed by atoms with Crippen LogP contribution in [0.2, 0.25) is 5.15 Å². The van der Waals surface area contributed by atoms with Gasteiger partial charge in [-0.05, 0) is 16.4 Å². The fourth-order valence-electron chi connectivity index (χ4n) is 0.911. The van der Waals surface area contributed by atoms with Gasteiger partial charge in [0.15, 0.2) is 0 Å². The molecule has 16 heavy (non-hydrogen) atoms. The molecule has 8 nitrogen and oxygen atoms in total. The molecule has 2 heterocycles. The number of rotatable bonds is 2. The molecule has 0 atom stereocenters. The monoisotopic (exact) mass is 240 g/mol. The normalized spacial score (nSPS) is 10.1. The zero-order chi connectivity index (χ0) is 11.5. The lowest BCUT2D eigenvalue weighted by Gasteiger charge is -2.00. The Balaban J connectivity index is 2.17. The van der Waals surface area contributed by atoms with Crippen LogP contribution in [-0.2, 0) is 0 Å². The van der Waals surface area contributed by atoms with Crippen LogP contribution in [0, 0.1) is 0 Å². The van der Waals surface area contributed by atoms with Gasteiger partial charge in [0.1, 0.15) is 5.15 Å². The molecule has 3 N–H and O–H groups in total. The van der Waals surface area contributed by atoms with E-state index in [1.807, 2.05) is 0 Å². The molecule has 0 fully saturated rings. The molecule has 82 valence electrons. The highest BCUT2D eigenvalue weighted by Gasteiger charge is 2.16. The number of nitrogens with zero attached hydrogens (tertiary/aromatic N) is 4. The summed E-state index contributed by atoms with van der Waals surface area (Å²) in [6.45, 7) is 0. The Morgan fingerprint density at radius 3 is 2.94 bits per heavy atom. The van der Waals surface area contributed by atoms with Gasteiger partial charge in [0, 0.05) is 6.20 Å². The third-order valence-corrected chi connectivity index (χ3v) is 1.79. The number of anilines is 2. The van der Waals surface area contributed by atoms with Crippen LogP contribution >= 0.6 is 11.6 Å². The predicted octanol–water partition coefficient (Wildman–Crippen LogP) is 0.347. The topological polar surface area (TPSA) is 120 Å². The van der Waals surface area contributed by atoms with Crippen molar-refractivity contribution in [3.05, 3.63) is 23.1 Å². The number of nitrogens with two attached hydrogens (primary N) is 1. The number of nitrogen functional groups attached to an aromatic ring is 1. The van der Waals surface area contributed by atoms with Crippen LogP contribution in [0.25, 0.3) is 0 Å². The third kappa shape index (κ3) is 2.06. The number of hydrogen-bond donors (Lipinski definition) is 2. The lowest BCUT2D eigenvalue weighted by atomic mass is 10.4. The van der Waals surface area contributed by atoms with Crippen LogP contribution in [-0.4, -0.2) is 26.2 Å². The summed E-state index contributed by atoms with van der Waals surface area (Å²) >= 11 is 5.61. The Bertz CT molecular complexity index is 527. The Hall–Kier alpha value is -2.22. The van der Waals surface area contributed by atoms with Crippen molar-refractivity contribution in [2.24, 2.45) is 0 Å². The van der Waals surface area contributed by atoms with Crippen LogP contribution in [0.3, 0.4) is 0 Å². The summed E-state index contributed by atoms with van der Waals surface area (Å²) in [6, 6.07) is 1.48. The fraction of sp³-hybridized carbons (Fsp3) is 0. The summed E-state index contributed by atoms with van der Waals surface area (Å²) in [5.74, 6) is -0.694. The summed E-state index contributed by atoms with van der Waals surface area (Å²) in [7, 11) is 0. The van der Waals surface area contributed by atoms with E-state index in [1.165, 1.54) is 12.3 Å². The number of carbonyl (C=O) groups is 1. The second kappa shape index (κ2) is 4.11. The molecule has 2 aromatic rings. The van der Waals surface area contributed by atoms with Gasteiger partial charge < -0.3 is 5.73 Å². The van der Waals surface area contributed by atoms with E-state index in [0.29, 0.717) is 0 Å². The maximum Gasteiger partial charge on any atom is 0.284 e. The highest BCUT2D eigenvalue weighted by molar-refractivity contribution is 6.29. The summed E-state index contributed by atoms with van der Waals surface area (Å²) in [4.78, 5) is 19.1. The Labute approximate surface area is 93.8 Å². The number of aromatic nitrogens is 4. The number of amides is 1. The van der Waals surface area contributed by atoms with Gasteiger partial charge in [-0.2, -0.15) is 0 Å². The molecule has 2 aromatic heterocycles. The molecule has 0 bridgehead atoms. The summed E-state index contributed by atoms with van der Waals surface area (Å²) in [5, 5.41) is 9.13. The average Bonchev–Trinajstić information content (AvgIpc) is 2.64. The van der Waals surface area contributed by atoms with E-state index < -0.39 is 5.91 Å². The molecule has 0 aliphatic carbocycles. The third-order valence-electron chi connectivity index (χ3n) is 1.58. The molecule has 0 spiro atoms. The largest absolute Gasteiger partial charge is 0.379 e. The van der Waals surface area contributed by atoms with Crippen molar-refractivity contribution in [3.8, 4) is 0 Å². The van der Waals surface area contributed by atoms with E-state index in [-0.39, 0.29) is 22.6 Å². The van der Waals surface area contributed by atoms with Crippen LogP contribution < -0.4 is 11.1 Å². The van der Waals surface area contributed by atoms with Gasteiger partial charge in [-0.15, -0.1) is 0 Å². The molecule has 0 aromatic carbocycles. The van der Waals surface area contributed by atoms with E-state index in [9.17, 15) is 4.79 Å². The number of halogens is 1. The van der Waals surface area contributed by atoms with Crippen LogP contribution in [0.1, 0.15) is 10.5 Å². The van der Waals surface area contributed by atoms with Crippen molar-refractivity contribution in [1.82, 2.24) is 20.3 Å². The van der Waals surface area contributed by atoms with Gasteiger partial charge >= 0.3 is 0 Å². The zero-order valence-electron chi connectivity index (χ0n) is 7.72. The zero-order valence-corrected chi connectivity index (χ0v) is 8.47. The van der Waals surface area contributed by atoms with Gasteiger partial charge in [0.2, 0.25) is 17.5 Å². The van der Waals surface area contributed by atoms with E-state index >= 15 is 0 Å². The van der Waals surface area contributed by atoms with Crippen molar-refractivity contribution in [3.63, 3.8) is 0 Å². The molecule has 2 rings (SSSR count). The first-order valence-electron chi connectivity index (χ1n) is 4.05. The molecule has 9 heteroatoms. The van der Waals surface area contributed by atoms with Gasteiger partial charge in [-0.25, -0.2) is 14.6 Å². The Kier molecular flexibility index (Phi) is 2.64. The first-order valence-corrected chi connectivity index (χ1v) is 4.42. The maximum absolute atomic E-state index is 11.5. The Morgan fingerprint density at radius 1 is 1.50 bits per heavy atom. The predicted molar refractivity (Wildman–Crippen MR) is 53.7 cm³/mol. The van der Waals surface area contributed by atoms with Crippen molar-refractivity contribution in [2.45, 2.75) is 0 Å². The van der Waals surface area contributed by atoms with Gasteiger partial charge in [-0.3, -0.25) is 10.1 Å². The van der Waals surface area contributed by atoms with Gasteiger partial charge in [0.25, 0.3) is 5.91 Å². The number of hydrogen-bond acceptors (Lipinski definition) is 7. The minimum Gasteiger partial charge on any atom is -0.379 e. The first kappa shape index (κ1) is 10.3. The van der Waals surface area contributed by atoms with Gasteiger partial charge in [-0.1, -0.05) is 11.6 Å². The quantitative estimate of drug-likeness (QED) is 0.727. The average molecular weight is 241 g/mol. The summed E-state index contributed by atoms with van der Waals surface area (Å²) in [5.41, 5.74) is 5.19. The molecule has 0 radical (unpaired) electrons. The number of nitrogens with one attached hydrogen (secondary N) is 1. The highest BCUT2D eigenvalue weighted by Crippen LogP contribution is 2.09. The summed E-state index contributed by atoms with van der Waals surface area (Å²) in [6.07, 6.45) is 1.40. The molecule has 1 amide bonds. The molecule has 0 saturated heterocycles. The SMILES string of the molecule is Nc1nonc1C(=O)Nc1nccc(Cl)n1. The highest BCUT2D eigenvalue weighted by atomic mass is 35.5. The van der Waals surface area contributed by atoms with E-state index in [4.69, 9.17) is 17.3 Å².